The van der Waals surface area contributed by atoms with Gasteiger partial charge in [-0.3, -0.25) is 0 Å². The van der Waals surface area contributed by atoms with Gasteiger partial charge >= 0.3 is 0 Å². The van der Waals surface area contributed by atoms with Crippen molar-refractivity contribution in [1.82, 2.24) is 0 Å². The van der Waals surface area contributed by atoms with Crippen molar-refractivity contribution in [2.24, 2.45) is 0 Å². The largest absolute Gasteiger partial charge is 0.493 e. The third kappa shape index (κ3) is 11.5. The zero-order valence-electron chi connectivity index (χ0n) is 18.4. The average Bonchev–Trinajstić information content (AvgIpc) is 2.74. The van der Waals surface area contributed by atoms with Gasteiger partial charge in [-0.2, -0.15) is 0 Å². The lowest BCUT2D eigenvalue weighted by atomic mass is 10.1. The molecule has 0 heterocycles. The van der Waals surface area contributed by atoms with Crippen LogP contribution in [0.15, 0.2) is 12.1 Å². The first kappa shape index (κ1) is 24.7. The van der Waals surface area contributed by atoms with E-state index in [-0.39, 0.29) is 14.3 Å². The van der Waals surface area contributed by atoms with E-state index in [2.05, 4.69) is 60.4 Å². The molecule has 0 aromatic heterocycles. The zero-order chi connectivity index (χ0) is 21.9. The summed E-state index contributed by atoms with van der Waals surface area (Å²) < 4.78 is 11.5. The maximum Gasteiger partial charge on any atom is 0.143 e. The van der Waals surface area contributed by atoms with Crippen LogP contribution in [-0.2, 0) is 0 Å². The van der Waals surface area contributed by atoms with Crippen LogP contribution >= 0.6 is 0 Å². The van der Waals surface area contributed by atoms with Gasteiger partial charge in [0.25, 0.3) is 0 Å². The van der Waals surface area contributed by atoms with Crippen molar-refractivity contribution in [3.63, 3.8) is 0 Å². The number of hydrogen-bond donors (Lipinski definition) is 0. The van der Waals surface area contributed by atoms with Crippen molar-refractivity contribution < 1.29 is 23.7 Å². The molecule has 174 valence electrons. The Hall–Kier alpha value is -3.38. The van der Waals surface area contributed by atoms with Gasteiger partial charge in [0.05, 0.1) is 6.61 Å². The minimum Gasteiger partial charge on any atom is -0.493 e. The van der Waals surface area contributed by atoms with E-state index in [0.717, 1.165) is 29.9 Å². The number of aryl methyl sites for hydroxylation is 2. The Morgan fingerprint density at radius 3 is 1.93 bits per heavy atom. The molecule has 1 aromatic carbocycles. The maximum atomic E-state index is 5.96. The molecule has 2 heteroatoms. The highest BCUT2D eigenvalue weighted by Gasteiger charge is 2.06. The summed E-state index contributed by atoms with van der Waals surface area (Å²) in [6.07, 6.45) is 17.9. The summed E-state index contributed by atoms with van der Waals surface area (Å²) in [6.45, 7) is 6.98. The Labute approximate surface area is 198 Å². The van der Waals surface area contributed by atoms with Crippen LogP contribution in [0, 0.1) is 73.7 Å². The van der Waals surface area contributed by atoms with Crippen molar-refractivity contribution in [3.05, 3.63) is 23.3 Å². The van der Waals surface area contributed by atoms with Gasteiger partial charge in [-0.25, -0.2) is 0 Å². The minimum atomic E-state index is 0. The van der Waals surface area contributed by atoms with E-state index in [0.29, 0.717) is 5.75 Å². The van der Waals surface area contributed by atoms with E-state index in [1.807, 2.05) is 26.0 Å². The molecule has 0 aliphatic carbocycles. The molecule has 0 saturated carbocycles. The monoisotopic (exact) mass is 418 g/mol. The SMILES string of the molecule is C#CC#CC#CC#CC#COc1cc(C)c(OCCCCCCCCCC)cc1C.[HH].[HH].[HH].[HH].[HH].[HH].[HH].[HH].[HH].[HH]. The molecule has 0 radical (unpaired) electrons. The molecule has 1 aromatic rings. The molecular weight excluding hydrogens is 368 g/mol. The number of rotatable bonds is 11. The standard InChI is InChI=1S/C28H30O2.10H2/c1-5-7-9-11-13-15-17-19-21-29-27-23-26(4)28(24-25(27)3)30-22-20-18-16-14-12-10-8-6-2;;;;;;;;;;/h1,23-24H,6,8,10,12,14,16,18,20,22H2,2-4H3;10*1H. The lowest BCUT2D eigenvalue weighted by molar-refractivity contribution is 0.301. The Kier molecular flexibility index (Phi) is 13.6. The molecule has 30 heavy (non-hydrogen) atoms. The summed E-state index contributed by atoms with van der Waals surface area (Å²) >= 11 is 0. The first-order valence-electron chi connectivity index (χ1n) is 10.6. The molecule has 0 aliphatic rings. The van der Waals surface area contributed by atoms with E-state index < -0.39 is 0 Å². The first-order chi connectivity index (χ1) is 14.7. The Morgan fingerprint density at radius 1 is 0.733 bits per heavy atom. The van der Waals surface area contributed by atoms with Crippen LogP contribution in [0.3, 0.4) is 0 Å². The second kappa shape index (κ2) is 16.6. The van der Waals surface area contributed by atoms with Gasteiger partial charge in [0.15, 0.2) is 0 Å². The highest BCUT2D eigenvalue weighted by atomic mass is 16.5. The molecule has 0 spiro atoms. The normalized spacial score (nSPS) is 8.60. The Morgan fingerprint density at radius 2 is 1.27 bits per heavy atom. The van der Waals surface area contributed by atoms with Crippen LogP contribution < -0.4 is 9.47 Å². The van der Waals surface area contributed by atoms with Crippen LogP contribution in [0.4, 0.5) is 0 Å². The lowest BCUT2D eigenvalue weighted by Gasteiger charge is -2.12. The second-order valence-corrected chi connectivity index (χ2v) is 6.93. The van der Waals surface area contributed by atoms with Gasteiger partial charge in [-0.1, -0.05) is 51.9 Å². The number of ether oxygens (including phenoxy) is 2. The second-order valence-electron chi connectivity index (χ2n) is 6.93. The fraction of sp³-hybridized carbons (Fsp3) is 0.429. The van der Waals surface area contributed by atoms with Crippen LogP contribution in [0.1, 0.15) is 83.7 Å². The molecule has 2 nitrogen and oxygen atoms in total. The highest BCUT2D eigenvalue weighted by Crippen LogP contribution is 2.28. The summed E-state index contributed by atoms with van der Waals surface area (Å²) in [4.78, 5) is 0. The minimum absolute atomic E-state index is 0. The maximum absolute atomic E-state index is 5.96. The van der Waals surface area contributed by atoms with Crippen molar-refractivity contribution in [3.8, 4) is 71.4 Å². The molecule has 0 atom stereocenters. The molecule has 0 unspecified atom stereocenters. The predicted molar refractivity (Wildman–Crippen MR) is 146 cm³/mol. The van der Waals surface area contributed by atoms with Crippen LogP contribution in [0.5, 0.6) is 11.5 Å². The Bertz CT molecular complexity index is 980. The van der Waals surface area contributed by atoms with Gasteiger partial charge in [-0.15, -0.1) is 6.42 Å². The van der Waals surface area contributed by atoms with Crippen molar-refractivity contribution in [2.75, 3.05) is 6.61 Å². The van der Waals surface area contributed by atoms with Gasteiger partial charge in [-0.05, 0) is 67.2 Å². The molecule has 0 amide bonds. The third-order valence-electron chi connectivity index (χ3n) is 4.39. The number of benzene rings is 1. The predicted octanol–water partition coefficient (Wildman–Crippen LogP) is 8.27. The number of unbranched alkanes of at least 4 members (excludes halogenated alkanes) is 7. The summed E-state index contributed by atoms with van der Waals surface area (Å²) in [5, 5.41) is 0. The summed E-state index contributed by atoms with van der Waals surface area (Å²) in [5.74, 6) is 21.4. The smallest absolute Gasteiger partial charge is 0.143 e. The van der Waals surface area contributed by atoms with Crippen LogP contribution in [-0.4, -0.2) is 6.61 Å². The molecule has 0 aliphatic heterocycles. The molecule has 0 N–H and O–H groups in total. The Balaban J connectivity index is -0.000000112. The first-order valence-corrected chi connectivity index (χ1v) is 10.6. The van der Waals surface area contributed by atoms with Crippen molar-refractivity contribution >= 4 is 0 Å². The van der Waals surface area contributed by atoms with E-state index in [1.165, 1.54) is 44.9 Å². The third-order valence-corrected chi connectivity index (χ3v) is 4.39. The fourth-order valence-electron chi connectivity index (χ4n) is 2.75. The summed E-state index contributed by atoms with van der Waals surface area (Å²) in [7, 11) is 0. The molecule has 1 rings (SSSR count). The van der Waals surface area contributed by atoms with E-state index in [1.54, 1.807) is 0 Å². The van der Waals surface area contributed by atoms with Gasteiger partial charge < -0.3 is 9.47 Å². The molecule has 0 bridgehead atoms. The van der Waals surface area contributed by atoms with Crippen molar-refractivity contribution in [2.45, 2.75) is 72.1 Å². The summed E-state index contributed by atoms with van der Waals surface area (Å²) in [6, 6.07) is 3.94. The van der Waals surface area contributed by atoms with Crippen LogP contribution in [0.25, 0.3) is 0 Å². The quantitative estimate of drug-likeness (QED) is 0.266. The number of terminal acetylenes is 1. The molecule has 0 fully saturated rings. The zero-order valence-corrected chi connectivity index (χ0v) is 18.4. The lowest BCUT2D eigenvalue weighted by Crippen LogP contribution is -2.00. The topological polar surface area (TPSA) is 18.5 Å². The van der Waals surface area contributed by atoms with Crippen molar-refractivity contribution in [1.29, 1.82) is 0 Å². The summed E-state index contributed by atoms with van der Waals surface area (Å²) in [5.41, 5.74) is 2.00. The average molecular weight is 419 g/mol. The van der Waals surface area contributed by atoms with E-state index in [4.69, 9.17) is 15.9 Å². The van der Waals surface area contributed by atoms with Gasteiger partial charge in [0, 0.05) is 37.9 Å². The highest BCUT2D eigenvalue weighted by molar-refractivity contribution is 5.46. The van der Waals surface area contributed by atoms with Gasteiger partial charge in [0.2, 0.25) is 0 Å². The van der Waals surface area contributed by atoms with E-state index in [9.17, 15) is 0 Å². The molecular formula is C28H50O2. The number of hydrogen-bond acceptors (Lipinski definition) is 2. The van der Waals surface area contributed by atoms with E-state index >= 15 is 0 Å². The molecule has 0 saturated heterocycles. The van der Waals surface area contributed by atoms with Crippen LogP contribution in [0.2, 0.25) is 0 Å². The van der Waals surface area contributed by atoms with Gasteiger partial charge in [0.1, 0.15) is 17.6 Å². The fourth-order valence-corrected chi connectivity index (χ4v) is 2.75.